The van der Waals surface area contributed by atoms with E-state index in [2.05, 4.69) is 38.1 Å². The van der Waals surface area contributed by atoms with Gasteiger partial charge in [-0.25, -0.2) is 0 Å². The molecule has 1 unspecified atom stereocenters. The van der Waals surface area contributed by atoms with Gasteiger partial charge < -0.3 is 9.47 Å². The molecule has 0 aliphatic carbocycles. The number of carbonyl (C=O) groups excluding carboxylic acids is 1. The largest absolute Gasteiger partial charge is 0.497 e. The van der Waals surface area contributed by atoms with Gasteiger partial charge in [-0.05, 0) is 49.9 Å². The van der Waals surface area contributed by atoms with E-state index in [9.17, 15) is 4.79 Å². The maximum absolute atomic E-state index is 12.0. The molecule has 0 N–H and O–H groups in total. The van der Waals surface area contributed by atoms with Gasteiger partial charge in [0.05, 0.1) is 13.2 Å². The van der Waals surface area contributed by atoms with Crippen LogP contribution in [0.25, 0.3) is 0 Å². The Balaban J connectivity index is 1.62. The van der Waals surface area contributed by atoms with Crippen LogP contribution in [0.5, 0.6) is 5.75 Å². The van der Waals surface area contributed by atoms with Crippen LogP contribution < -0.4 is 4.74 Å². The lowest BCUT2D eigenvalue weighted by molar-refractivity contribution is -0.119. The first-order valence-corrected chi connectivity index (χ1v) is 8.91. The second-order valence-corrected chi connectivity index (χ2v) is 6.41. The minimum absolute atomic E-state index is 0.0648. The Morgan fingerprint density at radius 1 is 1.00 bits per heavy atom. The van der Waals surface area contributed by atoms with Crippen LogP contribution >= 0.6 is 0 Å². The highest BCUT2D eigenvalue weighted by atomic mass is 16.5. The number of rotatable bonds is 10. The fourth-order valence-corrected chi connectivity index (χ4v) is 2.66. The standard InChI is InChI=1S/C22H28O3/c1-17-6-11-20(12-7-17)18(2)25-16-4-5-21(23)13-8-19-9-14-22(24-3)15-10-19/h6-7,9-12,14-15,18H,4-5,8,13,16H2,1-3H3. The third-order valence-electron chi connectivity index (χ3n) is 4.37. The first-order chi connectivity index (χ1) is 12.1. The summed E-state index contributed by atoms with van der Waals surface area (Å²) in [5.41, 5.74) is 3.59. The zero-order valence-corrected chi connectivity index (χ0v) is 15.5. The van der Waals surface area contributed by atoms with Crippen molar-refractivity contribution < 1.29 is 14.3 Å². The van der Waals surface area contributed by atoms with Crippen molar-refractivity contribution in [2.75, 3.05) is 13.7 Å². The van der Waals surface area contributed by atoms with E-state index in [0.717, 1.165) is 18.6 Å². The highest BCUT2D eigenvalue weighted by Gasteiger charge is 2.07. The van der Waals surface area contributed by atoms with Gasteiger partial charge in [-0.1, -0.05) is 42.0 Å². The number of hydrogen-bond donors (Lipinski definition) is 0. The molecule has 0 aliphatic heterocycles. The molecule has 0 heterocycles. The quantitative estimate of drug-likeness (QED) is 0.567. The predicted molar refractivity (Wildman–Crippen MR) is 101 cm³/mol. The SMILES string of the molecule is COc1ccc(CCC(=O)CCCOC(C)c2ccc(C)cc2)cc1. The molecule has 0 fully saturated rings. The topological polar surface area (TPSA) is 35.5 Å². The Hall–Kier alpha value is -2.13. The van der Waals surface area contributed by atoms with Gasteiger partial charge in [0.1, 0.15) is 11.5 Å². The van der Waals surface area contributed by atoms with Crippen molar-refractivity contribution in [2.24, 2.45) is 0 Å². The monoisotopic (exact) mass is 340 g/mol. The Morgan fingerprint density at radius 2 is 1.68 bits per heavy atom. The summed E-state index contributed by atoms with van der Waals surface area (Å²) in [4.78, 5) is 12.0. The average molecular weight is 340 g/mol. The Bertz CT molecular complexity index is 644. The number of methoxy groups -OCH3 is 1. The zero-order valence-electron chi connectivity index (χ0n) is 15.5. The lowest BCUT2D eigenvalue weighted by Crippen LogP contribution is -2.05. The van der Waals surface area contributed by atoms with Crippen molar-refractivity contribution >= 4 is 5.78 Å². The predicted octanol–water partition coefficient (Wildman–Crippen LogP) is 5.06. The molecule has 0 saturated heterocycles. The summed E-state index contributed by atoms with van der Waals surface area (Å²) in [5.74, 6) is 1.14. The minimum atomic E-state index is 0.0648. The maximum Gasteiger partial charge on any atom is 0.133 e. The second-order valence-electron chi connectivity index (χ2n) is 6.41. The van der Waals surface area contributed by atoms with Gasteiger partial charge in [-0.15, -0.1) is 0 Å². The Morgan fingerprint density at radius 3 is 2.32 bits per heavy atom. The van der Waals surface area contributed by atoms with Crippen LogP contribution in [0.15, 0.2) is 48.5 Å². The molecule has 0 radical (unpaired) electrons. The highest BCUT2D eigenvalue weighted by Crippen LogP contribution is 2.18. The number of benzene rings is 2. The van der Waals surface area contributed by atoms with E-state index in [1.54, 1.807) is 7.11 Å². The second kappa shape index (κ2) is 10.00. The molecule has 1 atom stereocenters. The molecule has 0 amide bonds. The van der Waals surface area contributed by atoms with E-state index < -0.39 is 0 Å². The first-order valence-electron chi connectivity index (χ1n) is 8.91. The fourth-order valence-electron chi connectivity index (χ4n) is 2.66. The van der Waals surface area contributed by atoms with Crippen molar-refractivity contribution in [1.82, 2.24) is 0 Å². The zero-order chi connectivity index (χ0) is 18.1. The minimum Gasteiger partial charge on any atom is -0.497 e. The summed E-state index contributed by atoms with van der Waals surface area (Å²) in [6.45, 7) is 4.74. The van der Waals surface area contributed by atoms with Crippen LogP contribution in [0.4, 0.5) is 0 Å². The summed E-state index contributed by atoms with van der Waals surface area (Å²) in [7, 11) is 1.65. The van der Waals surface area contributed by atoms with Gasteiger partial charge >= 0.3 is 0 Å². The number of ketones is 1. The molecule has 2 aromatic rings. The molecular weight excluding hydrogens is 312 g/mol. The molecule has 0 bridgehead atoms. The fraction of sp³-hybridized carbons (Fsp3) is 0.409. The number of aryl methyl sites for hydroxylation is 2. The number of ether oxygens (including phenoxy) is 2. The van der Waals surface area contributed by atoms with Crippen LogP contribution in [0, 0.1) is 6.92 Å². The van der Waals surface area contributed by atoms with Crippen molar-refractivity contribution in [3.8, 4) is 5.75 Å². The summed E-state index contributed by atoms with van der Waals surface area (Å²) in [5, 5.41) is 0. The van der Waals surface area contributed by atoms with Crippen LogP contribution in [-0.2, 0) is 16.0 Å². The van der Waals surface area contributed by atoms with Crippen molar-refractivity contribution in [3.63, 3.8) is 0 Å². The molecule has 0 aromatic heterocycles. The molecular formula is C22H28O3. The summed E-state index contributed by atoms with van der Waals surface area (Å²) in [6.07, 6.45) is 2.78. The van der Waals surface area contributed by atoms with E-state index in [1.165, 1.54) is 16.7 Å². The summed E-state index contributed by atoms with van der Waals surface area (Å²) in [6, 6.07) is 16.3. The van der Waals surface area contributed by atoms with E-state index in [4.69, 9.17) is 9.47 Å². The van der Waals surface area contributed by atoms with E-state index in [0.29, 0.717) is 25.2 Å². The van der Waals surface area contributed by atoms with Crippen molar-refractivity contribution in [3.05, 3.63) is 65.2 Å². The van der Waals surface area contributed by atoms with Gasteiger partial charge in [0.2, 0.25) is 0 Å². The Labute approximate surface area is 151 Å². The van der Waals surface area contributed by atoms with Crippen LogP contribution in [0.3, 0.4) is 0 Å². The van der Waals surface area contributed by atoms with Crippen molar-refractivity contribution in [2.45, 2.75) is 45.6 Å². The average Bonchev–Trinajstić information content (AvgIpc) is 2.64. The molecule has 0 spiro atoms. The van der Waals surface area contributed by atoms with E-state index in [-0.39, 0.29) is 6.10 Å². The van der Waals surface area contributed by atoms with Crippen molar-refractivity contribution in [1.29, 1.82) is 0 Å². The molecule has 134 valence electrons. The number of carbonyl (C=O) groups is 1. The van der Waals surface area contributed by atoms with Crippen LogP contribution in [0.2, 0.25) is 0 Å². The molecule has 25 heavy (non-hydrogen) atoms. The third-order valence-corrected chi connectivity index (χ3v) is 4.37. The lowest BCUT2D eigenvalue weighted by atomic mass is 10.1. The van der Waals surface area contributed by atoms with Gasteiger partial charge in [-0.3, -0.25) is 4.79 Å². The molecule has 3 heteroatoms. The summed E-state index contributed by atoms with van der Waals surface area (Å²) < 4.78 is 11.0. The highest BCUT2D eigenvalue weighted by molar-refractivity contribution is 5.78. The van der Waals surface area contributed by atoms with E-state index in [1.807, 2.05) is 24.3 Å². The van der Waals surface area contributed by atoms with E-state index >= 15 is 0 Å². The molecule has 2 rings (SSSR count). The van der Waals surface area contributed by atoms with Gasteiger partial charge in [0, 0.05) is 19.4 Å². The van der Waals surface area contributed by atoms with Gasteiger partial charge in [0.25, 0.3) is 0 Å². The van der Waals surface area contributed by atoms with Gasteiger partial charge in [-0.2, -0.15) is 0 Å². The molecule has 0 saturated carbocycles. The molecule has 0 aliphatic rings. The van der Waals surface area contributed by atoms with Crippen LogP contribution in [0.1, 0.15) is 49.0 Å². The smallest absolute Gasteiger partial charge is 0.133 e. The van der Waals surface area contributed by atoms with Gasteiger partial charge in [0.15, 0.2) is 0 Å². The lowest BCUT2D eigenvalue weighted by Gasteiger charge is -2.13. The molecule has 2 aromatic carbocycles. The third kappa shape index (κ3) is 6.71. The first kappa shape index (κ1) is 19.2. The Kier molecular flexibility index (Phi) is 7.68. The maximum atomic E-state index is 12.0. The number of hydrogen-bond acceptors (Lipinski definition) is 3. The molecule has 3 nitrogen and oxygen atoms in total. The summed E-state index contributed by atoms with van der Waals surface area (Å²) >= 11 is 0. The normalized spacial score (nSPS) is 12.0. The van der Waals surface area contributed by atoms with Crippen LogP contribution in [-0.4, -0.2) is 19.5 Å². The number of Topliss-reactive ketones (excluding diaryl/α,β-unsaturated/α-hetero) is 1.